The highest BCUT2D eigenvalue weighted by Crippen LogP contribution is 2.32. The molecule has 0 atom stereocenters. The number of rotatable bonds is 5. The van der Waals surface area contributed by atoms with E-state index in [9.17, 15) is 10.1 Å². The van der Waals surface area contributed by atoms with E-state index in [0.717, 1.165) is 6.42 Å². The third kappa shape index (κ3) is 3.25. The van der Waals surface area contributed by atoms with Crippen LogP contribution in [-0.2, 0) is 6.42 Å². The molecule has 110 valence electrons. The van der Waals surface area contributed by atoms with Crippen LogP contribution in [0, 0.1) is 17.0 Å². The number of nitrogens with zero attached hydrogens (tertiary/aromatic N) is 3. The minimum atomic E-state index is -0.498. The fourth-order valence-electron chi connectivity index (χ4n) is 1.79. The standard InChI is InChI=1S/C14H16N4O3/c1-3-6-12-16-13(15)9(2)14(17-12)21-11-8-5-4-7-10(11)18(19)20/h4-5,7-8H,3,6H2,1-2H3,(H2,15,16,17). The molecule has 0 aliphatic heterocycles. The average Bonchev–Trinajstić information content (AvgIpc) is 2.45. The van der Waals surface area contributed by atoms with Crippen LogP contribution < -0.4 is 10.5 Å². The molecule has 0 saturated carbocycles. The van der Waals surface area contributed by atoms with Crippen LogP contribution in [0.15, 0.2) is 24.3 Å². The Bertz CT molecular complexity index is 673. The van der Waals surface area contributed by atoms with Crippen molar-refractivity contribution < 1.29 is 9.66 Å². The van der Waals surface area contributed by atoms with Crippen LogP contribution in [0.2, 0.25) is 0 Å². The van der Waals surface area contributed by atoms with E-state index >= 15 is 0 Å². The highest BCUT2D eigenvalue weighted by Gasteiger charge is 2.17. The molecule has 2 rings (SSSR count). The van der Waals surface area contributed by atoms with Crippen LogP contribution in [0.5, 0.6) is 11.6 Å². The van der Waals surface area contributed by atoms with Gasteiger partial charge in [0.2, 0.25) is 11.6 Å². The summed E-state index contributed by atoms with van der Waals surface area (Å²) >= 11 is 0. The summed E-state index contributed by atoms with van der Waals surface area (Å²) in [6, 6.07) is 6.14. The van der Waals surface area contributed by atoms with Crippen molar-refractivity contribution in [3.8, 4) is 11.6 Å². The first-order valence-electron chi connectivity index (χ1n) is 6.57. The van der Waals surface area contributed by atoms with Gasteiger partial charge >= 0.3 is 5.69 Å². The molecule has 0 fully saturated rings. The summed E-state index contributed by atoms with van der Waals surface area (Å²) < 4.78 is 5.60. The molecule has 0 bridgehead atoms. The van der Waals surface area contributed by atoms with Crippen LogP contribution in [0.4, 0.5) is 11.5 Å². The van der Waals surface area contributed by atoms with Gasteiger partial charge in [0.1, 0.15) is 11.6 Å². The quantitative estimate of drug-likeness (QED) is 0.669. The van der Waals surface area contributed by atoms with Gasteiger partial charge in [0.15, 0.2) is 0 Å². The van der Waals surface area contributed by atoms with E-state index in [2.05, 4.69) is 9.97 Å². The summed E-state index contributed by atoms with van der Waals surface area (Å²) in [5, 5.41) is 11.0. The molecule has 0 aliphatic rings. The molecule has 2 N–H and O–H groups in total. The third-order valence-corrected chi connectivity index (χ3v) is 2.93. The van der Waals surface area contributed by atoms with E-state index in [1.807, 2.05) is 6.92 Å². The molecule has 0 radical (unpaired) electrons. The van der Waals surface area contributed by atoms with E-state index in [1.54, 1.807) is 19.1 Å². The van der Waals surface area contributed by atoms with Crippen LogP contribution >= 0.6 is 0 Å². The Morgan fingerprint density at radius 2 is 2.05 bits per heavy atom. The second-order valence-corrected chi connectivity index (χ2v) is 4.53. The van der Waals surface area contributed by atoms with E-state index in [0.29, 0.717) is 23.6 Å². The van der Waals surface area contributed by atoms with Crippen LogP contribution in [0.1, 0.15) is 24.7 Å². The maximum atomic E-state index is 11.0. The van der Waals surface area contributed by atoms with Crippen molar-refractivity contribution in [3.63, 3.8) is 0 Å². The van der Waals surface area contributed by atoms with Crippen LogP contribution in [-0.4, -0.2) is 14.9 Å². The molecule has 0 saturated heterocycles. The van der Waals surface area contributed by atoms with Crippen molar-refractivity contribution in [2.45, 2.75) is 26.7 Å². The van der Waals surface area contributed by atoms with Crippen molar-refractivity contribution in [3.05, 3.63) is 45.8 Å². The molecule has 21 heavy (non-hydrogen) atoms. The smallest absolute Gasteiger partial charge is 0.311 e. The number of ether oxygens (including phenoxy) is 1. The lowest BCUT2D eigenvalue weighted by molar-refractivity contribution is -0.385. The first-order valence-corrected chi connectivity index (χ1v) is 6.57. The minimum absolute atomic E-state index is 0.119. The van der Waals surface area contributed by atoms with Gasteiger partial charge in [0.05, 0.1) is 10.5 Å². The number of aryl methyl sites for hydroxylation is 1. The molecule has 7 nitrogen and oxygen atoms in total. The largest absolute Gasteiger partial charge is 0.431 e. The fourth-order valence-corrected chi connectivity index (χ4v) is 1.79. The monoisotopic (exact) mass is 288 g/mol. The third-order valence-electron chi connectivity index (χ3n) is 2.93. The Labute approximate surface area is 121 Å². The summed E-state index contributed by atoms with van der Waals surface area (Å²) in [5.41, 5.74) is 6.28. The first kappa shape index (κ1) is 14.7. The first-order chi connectivity index (χ1) is 10.0. The normalized spacial score (nSPS) is 10.4. The van der Waals surface area contributed by atoms with Gasteiger partial charge in [-0.15, -0.1) is 0 Å². The number of hydrogen-bond acceptors (Lipinski definition) is 6. The predicted molar refractivity (Wildman–Crippen MR) is 78.3 cm³/mol. The molecule has 1 heterocycles. The van der Waals surface area contributed by atoms with E-state index in [4.69, 9.17) is 10.5 Å². The average molecular weight is 288 g/mol. The number of nitro benzene ring substituents is 1. The Morgan fingerprint density at radius 1 is 1.33 bits per heavy atom. The number of para-hydroxylation sites is 2. The lowest BCUT2D eigenvalue weighted by Gasteiger charge is -2.10. The molecule has 0 unspecified atom stereocenters. The Balaban J connectivity index is 2.42. The van der Waals surface area contributed by atoms with Crippen LogP contribution in [0.25, 0.3) is 0 Å². The molecule has 0 aliphatic carbocycles. The molecule has 0 spiro atoms. The molecule has 7 heteroatoms. The van der Waals surface area contributed by atoms with Gasteiger partial charge in [-0.25, -0.2) is 4.98 Å². The molecular weight excluding hydrogens is 272 g/mol. The van der Waals surface area contributed by atoms with Gasteiger partial charge in [0.25, 0.3) is 0 Å². The number of anilines is 1. The lowest BCUT2D eigenvalue weighted by atomic mass is 10.2. The summed E-state index contributed by atoms with van der Waals surface area (Å²) in [6.45, 7) is 3.72. The summed E-state index contributed by atoms with van der Waals surface area (Å²) in [4.78, 5) is 19.0. The van der Waals surface area contributed by atoms with Crippen molar-refractivity contribution >= 4 is 11.5 Å². The highest BCUT2D eigenvalue weighted by atomic mass is 16.6. The summed E-state index contributed by atoms with van der Waals surface area (Å²) in [7, 11) is 0. The predicted octanol–water partition coefficient (Wildman–Crippen LogP) is 3.02. The van der Waals surface area contributed by atoms with Gasteiger partial charge < -0.3 is 10.5 Å². The van der Waals surface area contributed by atoms with Crippen molar-refractivity contribution in [1.29, 1.82) is 0 Å². The topological polar surface area (TPSA) is 104 Å². The van der Waals surface area contributed by atoms with Crippen LogP contribution in [0.3, 0.4) is 0 Å². The van der Waals surface area contributed by atoms with Gasteiger partial charge in [-0.2, -0.15) is 4.98 Å². The Morgan fingerprint density at radius 3 is 2.71 bits per heavy atom. The zero-order chi connectivity index (χ0) is 15.4. The van der Waals surface area contributed by atoms with Gasteiger partial charge in [-0.3, -0.25) is 10.1 Å². The fraction of sp³-hybridized carbons (Fsp3) is 0.286. The molecule has 1 aromatic heterocycles. The van der Waals surface area contributed by atoms with E-state index < -0.39 is 4.92 Å². The molecule has 2 aromatic rings. The Kier molecular flexibility index (Phi) is 4.32. The number of aromatic nitrogens is 2. The minimum Gasteiger partial charge on any atom is -0.431 e. The lowest BCUT2D eigenvalue weighted by Crippen LogP contribution is -2.05. The van der Waals surface area contributed by atoms with Crippen molar-refractivity contribution in [1.82, 2.24) is 9.97 Å². The van der Waals surface area contributed by atoms with Crippen molar-refractivity contribution in [2.75, 3.05) is 5.73 Å². The maximum absolute atomic E-state index is 11.0. The number of nitro groups is 1. The number of benzene rings is 1. The van der Waals surface area contributed by atoms with Gasteiger partial charge in [-0.05, 0) is 19.4 Å². The second kappa shape index (κ2) is 6.17. The van der Waals surface area contributed by atoms with E-state index in [1.165, 1.54) is 12.1 Å². The number of nitrogen functional groups attached to an aromatic ring is 1. The van der Waals surface area contributed by atoms with Gasteiger partial charge in [0, 0.05) is 12.5 Å². The molecule has 1 aromatic carbocycles. The zero-order valence-electron chi connectivity index (χ0n) is 11.9. The summed E-state index contributed by atoms with van der Waals surface area (Å²) in [6.07, 6.45) is 1.53. The maximum Gasteiger partial charge on any atom is 0.311 e. The highest BCUT2D eigenvalue weighted by molar-refractivity contribution is 5.51. The Hall–Kier alpha value is -2.70. The number of hydrogen-bond donors (Lipinski definition) is 1. The molecule has 0 amide bonds. The van der Waals surface area contributed by atoms with Crippen molar-refractivity contribution in [2.24, 2.45) is 0 Å². The SMILES string of the molecule is CCCc1nc(N)c(C)c(Oc2ccccc2[N+](=O)[O-])n1. The van der Waals surface area contributed by atoms with E-state index in [-0.39, 0.29) is 17.3 Å². The van der Waals surface area contributed by atoms with Gasteiger partial charge in [-0.1, -0.05) is 19.1 Å². The summed E-state index contributed by atoms with van der Waals surface area (Å²) in [5.74, 6) is 1.27. The molecular formula is C14H16N4O3. The number of nitrogens with two attached hydrogens (primary N) is 1. The zero-order valence-corrected chi connectivity index (χ0v) is 11.9. The second-order valence-electron chi connectivity index (χ2n) is 4.53.